The van der Waals surface area contributed by atoms with Crippen LogP contribution in [-0.4, -0.2) is 24.0 Å². The van der Waals surface area contributed by atoms with Crippen molar-refractivity contribution in [2.45, 2.75) is 32.7 Å². The van der Waals surface area contributed by atoms with Gasteiger partial charge in [0, 0.05) is 24.2 Å². The number of rotatable bonds is 4. The first-order valence-corrected chi connectivity index (χ1v) is 6.88. The van der Waals surface area contributed by atoms with E-state index in [9.17, 15) is 4.79 Å². The van der Waals surface area contributed by atoms with Crippen molar-refractivity contribution >= 4 is 17.2 Å². The van der Waals surface area contributed by atoms with E-state index < -0.39 is 0 Å². The van der Waals surface area contributed by atoms with Gasteiger partial charge >= 0.3 is 0 Å². The van der Waals surface area contributed by atoms with E-state index in [0.717, 1.165) is 30.2 Å². The van der Waals surface area contributed by atoms with Crippen LogP contribution in [0.25, 0.3) is 0 Å². The van der Waals surface area contributed by atoms with Crippen LogP contribution in [0.5, 0.6) is 0 Å². The number of aromatic nitrogens is 1. The second kappa shape index (κ2) is 4.74. The summed E-state index contributed by atoms with van der Waals surface area (Å²) in [5.41, 5.74) is 0.690. The zero-order valence-corrected chi connectivity index (χ0v) is 11.4. The van der Waals surface area contributed by atoms with Gasteiger partial charge in [0.05, 0.1) is 11.5 Å². The largest absolute Gasteiger partial charge is 0.344 e. The second-order valence-corrected chi connectivity index (χ2v) is 5.68. The first-order valence-electron chi connectivity index (χ1n) is 6.00. The highest BCUT2D eigenvalue weighted by molar-refractivity contribution is 7.09. The Morgan fingerprint density at radius 1 is 1.71 bits per heavy atom. The van der Waals surface area contributed by atoms with Crippen LogP contribution in [0, 0.1) is 12.8 Å². The molecule has 2 rings (SSSR count). The molecule has 1 aromatic heterocycles. The van der Waals surface area contributed by atoms with E-state index in [2.05, 4.69) is 29.5 Å². The lowest BCUT2D eigenvalue weighted by atomic mass is 9.96. The third kappa shape index (κ3) is 2.50. The molecule has 1 aromatic rings. The van der Waals surface area contributed by atoms with Gasteiger partial charge in [-0.3, -0.25) is 4.79 Å². The first kappa shape index (κ1) is 12.5. The van der Waals surface area contributed by atoms with Crippen molar-refractivity contribution in [3.05, 3.63) is 16.1 Å². The van der Waals surface area contributed by atoms with Crippen molar-refractivity contribution in [2.24, 2.45) is 5.92 Å². The Hall–Kier alpha value is -0.940. The monoisotopic (exact) mass is 253 g/mol. The molecule has 0 aliphatic carbocycles. The van der Waals surface area contributed by atoms with Crippen LogP contribution >= 0.6 is 11.3 Å². The van der Waals surface area contributed by atoms with E-state index >= 15 is 0 Å². The highest BCUT2D eigenvalue weighted by atomic mass is 32.1. The molecular weight excluding hydrogens is 234 g/mol. The Morgan fingerprint density at radius 2 is 2.41 bits per heavy atom. The summed E-state index contributed by atoms with van der Waals surface area (Å²) in [6.45, 7) is 7.70. The molecule has 4 nitrogen and oxygen atoms in total. The topological polar surface area (TPSA) is 54.0 Å². The number of carbonyl (C=O) groups is 1. The van der Waals surface area contributed by atoms with Crippen molar-refractivity contribution in [3.8, 4) is 0 Å². The Morgan fingerprint density at radius 3 is 2.82 bits per heavy atom. The summed E-state index contributed by atoms with van der Waals surface area (Å²) in [7, 11) is 0. The summed E-state index contributed by atoms with van der Waals surface area (Å²) in [4.78, 5) is 16.5. The molecule has 1 aliphatic rings. The number of amides is 1. The molecule has 1 amide bonds. The average Bonchev–Trinajstić information content (AvgIpc) is 2.62. The molecule has 1 atom stereocenters. The van der Waals surface area contributed by atoms with Crippen molar-refractivity contribution in [1.82, 2.24) is 15.6 Å². The van der Waals surface area contributed by atoms with E-state index in [1.54, 1.807) is 11.3 Å². The summed E-state index contributed by atoms with van der Waals surface area (Å²) in [6.07, 6.45) is 0.853. The fourth-order valence-electron chi connectivity index (χ4n) is 1.75. The standard InChI is InChI=1S/C12H19N3OS/c1-4-12(3,11-14-8(2)7-17-11)15-10(16)9-5-13-6-9/h7,9,13H,4-6H2,1-3H3,(H,15,16). The Bertz CT molecular complexity index is 414. The van der Waals surface area contributed by atoms with Crippen LogP contribution in [0.1, 0.15) is 31.0 Å². The van der Waals surface area contributed by atoms with E-state index in [0.29, 0.717) is 0 Å². The SMILES string of the molecule is CCC(C)(NC(=O)C1CNC1)c1nc(C)cs1. The third-order valence-electron chi connectivity index (χ3n) is 3.35. The van der Waals surface area contributed by atoms with Gasteiger partial charge in [-0.15, -0.1) is 11.3 Å². The fourth-order valence-corrected chi connectivity index (χ4v) is 2.74. The van der Waals surface area contributed by atoms with Crippen molar-refractivity contribution in [1.29, 1.82) is 0 Å². The van der Waals surface area contributed by atoms with Crippen molar-refractivity contribution < 1.29 is 4.79 Å². The lowest BCUT2D eigenvalue weighted by molar-refractivity contribution is -0.128. The molecule has 1 saturated heterocycles. The summed E-state index contributed by atoms with van der Waals surface area (Å²) < 4.78 is 0. The Labute approximate surface area is 106 Å². The van der Waals surface area contributed by atoms with Gasteiger partial charge in [-0.05, 0) is 20.3 Å². The van der Waals surface area contributed by atoms with Gasteiger partial charge in [0.1, 0.15) is 5.01 Å². The molecule has 0 aromatic carbocycles. The number of carbonyl (C=O) groups excluding carboxylic acids is 1. The number of thiazole rings is 1. The second-order valence-electron chi connectivity index (χ2n) is 4.82. The summed E-state index contributed by atoms with van der Waals surface area (Å²) in [5.74, 6) is 0.267. The number of hydrogen-bond acceptors (Lipinski definition) is 4. The van der Waals surface area contributed by atoms with Crippen LogP contribution in [-0.2, 0) is 10.3 Å². The maximum atomic E-state index is 12.0. The van der Waals surface area contributed by atoms with Gasteiger partial charge in [0.15, 0.2) is 0 Å². The molecule has 2 N–H and O–H groups in total. The normalized spacial score (nSPS) is 19.5. The molecule has 0 radical (unpaired) electrons. The highest BCUT2D eigenvalue weighted by Crippen LogP contribution is 2.28. The maximum Gasteiger partial charge on any atom is 0.226 e. The van der Waals surface area contributed by atoms with Crippen molar-refractivity contribution in [3.63, 3.8) is 0 Å². The van der Waals surface area contributed by atoms with Gasteiger partial charge in [-0.1, -0.05) is 6.92 Å². The van der Waals surface area contributed by atoms with E-state index in [-0.39, 0.29) is 17.4 Å². The lowest BCUT2D eigenvalue weighted by Gasteiger charge is -2.33. The Kier molecular flexibility index (Phi) is 3.49. The number of hydrogen-bond donors (Lipinski definition) is 2. The minimum Gasteiger partial charge on any atom is -0.344 e. The van der Waals surface area contributed by atoms with Gasteiger partial charge in [-0.25, -0.2) is 4.98 Å². The average molecular weight is 253 g/mol. The molecule has 2 heterocycles. The number of nitrogens with zero attached hydrogens (tertiary/aromatic N) is 1. The molecular formula is C12H19N3OS. The zero-order valence-electron chi connectivity index (χ0n) is 10.5. The van der Waals surface area contributed by atoms with Crippen LogP contribution in [0.15, 0.2) is 5.38 Å². The third-order valence-corrected chi connectivity index (χ3v) is 4.57. The maximum absolute atomic E-state index is 12.0. The van der Waals surface area contributed by atoms with Gasteiger partial charge < -0.3 is 10.6 Å². The van der Waals surface area contributed by atoms with Crippen LogP contribution in [0.2, 0.25) is 0 Å². The molecule has 0 bridgehead atoms. The molecule has 94 valence electrons. The highest BCUT2D eigenvalue weighted by Gasteiger charge is 2.34. The van der Waals surface area contributed by atoms with Gasteiger partial charge in [0.2, 0.25) is 5.91 Å². The van der Waals surface area contributed by atoms with Crippen LogP contribution in [0.3, 0.4) is 0 Å². The molecule has 0 saturated carbocycles. The lowest BCUT2D eigenvalue weighted by Crippen LogP contribution is -2.55. The van der Waals surface area contributed by atoms with E-state index in [4.69, 9.17) is 0 Å². The van der Waals surface area contributed by atoms with Crippen molar-refractivity contribution in [2.75, 3.05) is 13.1 Å². The molecule has 1 unspecified atom stereocenters. The predicted molar refractivity (Wildman–Crippen MR) is 69.0 cm³/mol. The molecule has 17 heavy (non-hydrogen) atoms. The van der Waals surface area contributed by atoms with Gasteiger partial charge in [-0.2, -0.15) is 0 Å². The minimum atomic E-state index is -0.328. The summed E-state index contributed by atoms with van der Waals surface area (Å²) in [6, 6.07) is 0. The predicted octanol–water partition coefficient (Wildman–Crippen LogP) is 1.41. The number of aryl methyl sites for hydroxylation is 1. The van der Waals surface area contributed by atoms with E-state index in [1.165, 1.54) is 0 Å². The molecule has 1 aliphatic heterocycles. The van der Waals surface area contributed by atoms with E-state index in [1.807, 2.05) is 12.3 Å². The Balaban J connectivity index is 2.10. The summed E-state index contributed by atoms with van der Waals surface area (Å²) >= 11 is 1.62. The molecule has 0 spiro atoms. The summed E-state index contributed by atoms with van der Waals surface area (Å²) in [5, 5.41) is 9.29. The molecule has 5 heteroatoms. The first-order chi connectivity index (χ1) is 8.05. The minimum absolute atomic E-state index is 0.127. The van der Waals surface area contributed by atoms with Crippen LogP contribution in [0.4, 0.5) is 0 Å². The smallest absolute Gasteiger partial charge is 0.226 e. The molecule has 1 fully saturated rings. The number of nitrogens with one attached hydrogen (secondary N) is 2. The quantitative estimate of drug-likeness (QED) is 0.853. The van der Waals surface area contributed by atoms with Crippen LogP contribution < -0.4 is 10.6 Å². The fraction of sp³-hybridized carbons (Fsp3) is 0.667. The zero-order chi connectivity index (χ0) is 12.5. The van der Waals surface area contributed by atoms with Gasteiger partial charge in [0.25, 0.3) is 0 Å².